The summed E-state index contributed by atoms with van der Waals surface area (Å²) in [6.07, 6.45) is 0. The van der Waals surface area contributed by atoms with Gasteiger partial charge in [-0.15, -0.1) is 0 Å². The molecular formula is C24H20FN3O3S. The van der Waals surface area contributed by atoms with Gasteiger partial charge in [-0.2, -0.15) is 0 Å². The molecule has 0 aliphatic carbocycles. The third-order valence-corrected chi connectivity index (χ3v) is 5.61. The van der Waals surface area contributed by atoms with Gasteiger partial charge in [0.2, 0.25) is 0 Å². The lowest BCUT2D eigenvalue weighted by atomic mass is 10.1. The van der Waals surface area contributed by atoms with Gasteiger partial charge in [0, 0.05) is 0 Å². The number of anilines is 2. The van der Waals surface area contributed by atoms with Crippen LogP contribution in [0.3, 0.4) is 0 Å². The van der Waals surface area contributed by atoms with Crippen LogP contribution in [0.1, 0.15) is 21.5 Å². The number of thiazole rings is 1. The standard InChI is InChI=1S/C24H20FN3O3S/c1-14-11-15(2)22-20(12-14)32-24(27-22)28-23(30)16-7-3-6-10-19(16)31-13-21(29)26-18-9-5-4-8-17(18)25/h3-12H,13H2,1-2H3,(H,26,29)(H,27,28,30). The lowest BCUT2D eigenvalue weighted by Gasteiger charge is -2.11. The van der Waals surface area contributed by atoms with Gasteiger partial charge in [-0.25, -0.2) is 9.37 Å². The Morgan fingerprint density at radius 3 is 2.59 bits per heavy atom. The number of fused-ring (bicyclic) bond motifs is 1. The minimum Gasteiger partial charge on any atom is -0.483 e. The van der Waals surface area contributed by atoms with Crippen molar-refractivity contribution in [2.24, 2.45) is 0 Å². The molecule has 0 saturated carbocycles. The fourth-order valence-electron chi connectivity index (χ4n) is 3.26. The number of hydrogen-bond donors (Lipinski definition) is 2. The van der Waals surface area contributed by atoms with Crippen LogP contribution in [-0.2, 0) is 4.79 Å². The summed E-state index contributed by atoms with van der Waals surface area (Å²) < 4.78 is 20.2. The second kappa shape index (κ2) is 9.15. The number of carbonyl (C=O) groups is 2. The predicted molar refractivity (Wildman–Crippen MR) is 124 cm³/mol. The molecule has 0 atom stereocenters. The topological polar surface area (TPSA) is 80.3 Å². The van der Waals surface area contributed by atoms with Crippen LogP contribution in [0.4, 0.5) is 15.2 Å². The average Bonchev–Trinajstić information content (AvgIpc) is 3.16. The van der Waals surface area contributed by atoms with E-state index < -0.39 is 17.6 Å². The lowest BCUT2D eigenvalue weighted by molar-refractivity contribution is -0.118. The summed E-state index contributed by atoms with van der Waals surface area (Å²) in [6, 6.07) is 16.5. The summed E-state index contributed by atoms with van der Waals surface area (Å²) >= 11 is 1.39. The molecule has 162 valence electrons. The van der Waals surface area contributed by atoms with E-state index in [9.17, 15) is 14.0 Å². The zero-order valence-electron chi connectivity index (χ0n) is 17.4. The summed E-state index contributed by atoms with van der Waals surface area (Å²) in [5, 5.41) is 5.73. The minimum absolute atomic E-state index is 0.0634. The predicted octanol–water partition coefficient (Wildman–Crippen LogP) is 5.32. The first-order valence-electron chi connectivity index (χ1n) is 9.86. The highest BCUT2D eigenvalue weighted by molar-refractivity contribution is 7.22. The lowest BCUT2D eigenvalue weighted by Crippen LogP contribution is -2.22. The Labute approximate surface area is 188 Å². The number of nitrogens with one attached hydrogen (secondary N) is 2. The highest BCUT2D eigenvalue weighted by atomic mass is 32.1. The second-order valence-electron chi connectivity index (χ2n) is 7.21. The van der Waals surface area contributed by atoms with E-state index in [0.717, 1.165) is 21.3 Å². The Balaban J connectivity index is 1.46. The van der Waals surface area contributed by atoms with Crippen LogP contribution in [0, 0.1) is 19.7 Å². The molecule has 0 fully saturated rings. The fraction of sp³-hybridized carbons (Fsp3) is 0.125. The molecule has 2 N–H and O–H groups in total. The molecule has 4 aromatic rings. The molecule has 4 rings (SSSR count). The average molecular weight is 450 g/mol. The Morgan fingerprint density at radius 1 is 1.03 bits per heavy atom. The number of halogens is 1. The number of rotatable bonds is 6. The summed E-state index contributed by atoms with van der Waals surface area (Å²) in [7, 11) is 0. The quantitative estimate of drug-likeness (QED) is 0.417. The van der Waals surface area contributed by atoms with E-state index in [2.05, 4.69) is 15.6 Å². The van der Waals surface area contributed by atoms with Crippen molar-refractivity contribution >= 4 is 44.2 Å². The maximum absolute atomic E-state index is 13.7. The molecule has 1 aromatic heterocycles. The number of para-hydroxylation sites is 2. The Hall–Kier alpha value is -3.78. The van der Waals surface area contributed by atoms with Crippen LogP contribution in [0.5, 0.6) is 5.75 Å². The highest BCUT2D eigenvalue weighted by Gasteiger charge is 2.16. The molecule has 3 aromatic carbocycles. The largest absolute Gasteiger partial charge is 0.483 e. The summed E-state index contributed by atoms with van der Waals surface area (Å²) in [5.74, 6) is -1.24. The number of aromatic nitrogens is 1. The molecule has 1 heterocycles. The van der Waals surface area contributed by atoms with Crippen molar-refractivity contribution in [1.82, 2.24) is 4.98 Å². The number of benzene rings is 3. The van der Waals surface area contributed by atoms with Crippen molar-refractivity contribution in [2.75, 3.05) is 17.2 Å². The minimum atomic E-state index is -0.540. The number of hydrogen-bond acceptors (Lipinski definition) is 5. The molecule has 0 radical (unpaired) electrons. The van der Waals surface area contributed by atoms with E-state index in [1.807, 2.05) is 26.0 Å². The molecular weight excluding hydrogens is 429 g/mol. The fourth-order valence-corrected chi connectivity index (χ4v) is 4.30. The molecule has 0 saturated heterocycles. The molecule has 8 heteroatoms. The number of nitrogens with zero attached hydrogens (tertiary/aromatic N) is 1. The van der Waals surface area contributed by atoms with Gasteiger partial charge in [-0.05, 0) is 55.3 Å². The van der Waals surface area contributed by atoms with Gasteiger partial charge in [-0.3, -0.25) is 14.9 Å². The van der Waals surface area contributed by atoms with E-state index in [1.165, 1.54) is 29.5 Å². The maximum Gasteiger partial charge on any atom is 0.262 e. The normalized spacial score (nSPS) is 10.7. The van der Waals surface area contributed by atoms with Crippen LogP contribution >= 0.6 is 11.3 Å². The van der Waals surface area contributed by atoms with Gasteiger partial charge in [-0.1, -0.05) is 41.7 Å². The molecule has 0 unspecified atom stereocenters. The molecule has 0 aliphatic rings. The summed E-state index contributed by atoms with van der Waals surface area (Å²) in [6.45, 7) is 3.62. The van der Waals surface area contributed by atoms with Gasteiger partial charge in [0.25, 0.3) is 11.8 Å². The Kier molecular flexibility index (Phi) is 6.13. The van der Waals surface area contributed by atoms with Crippen LogP contribution in [0.15, 0.2) is 60.7 Å². The van der Waals surface area contributed by atoms with Gasteiger partial charge >= 0.3 is 0 Å². The van der Waals surface area contributed by atoms with Crippen molar-refractivity contribution in [2.45, 2.75) is 13.8 Å². The van der Waals surface area contributed by atoms with Gasteiger partial charge < -0.3 is 10.1 Å². The third-order valence-electron chi connectivity index (χ3n) is 4.69. The number of aryl methyl sites for hydroxylation is 2. The van der Waals surface area contributed by atoms with E-state index in [-0.39, 0.29) is 23.6 Å². The molecule has 0 spiro atoms. The van der Waals surface area contributed by atoms with Crippen LogP contribution < -0.4 is 15.4 Å². The zero-order valence-corrected chi connectivity index (χ0v) is 18.3. The van der Waals surface area contributed by atoms with Crippen molar-refractivity contribution in [3.63, 3.8) is 0 Å². The van der Waals surface area contributed by atoms with Crippen molar-refractivity contribution in [1.29, 1.82) is 0 Å². The number of amides is 2. The molecule has 2 amide bonds. The maximum atomic E-state index is 13.7. The van der Waals surface area contributed by atoms with E-state index >= 15 is 0 Å². The second-order valence-corrected chi connectivity index (χ2v) is 8.25. The van der Waals surface area contributed by atoms with Crippen LogP contribution in [0.25, 0.3) is 10.2 Å². The first kappa shape index (κ1) is 21.5. The van der Waals surface area contributed by atoms with E-state index in [0.29, 0.717) is 5.13 Å². The Morgan fingerprint density at radius 2 is 1.78 bits per heavy atom. The monoisotopic (exact) mass is 449 g/mol. The third kappa shape index (κ3) is 4.76. The summed E-state index contributed by atoms with van der Waals surface area (Å²) in [5.41, 5.74) is 3.35. The van der Waals surface area contributed by atoms with Crippen molar-refractivity contribution in [3.05, 3.63) is 83.2 Å². The molecule has 6 nitrogen and oxygen atoms in total. The van der Waals surface area contributed by atoms with Crippen LogP contribution in [0.2, 0.25) is 0 Å². The smallest absolute Gasteiger partial charge is 0.262 e. The number of ether oxygens (including phenoxy) is 1. The Bertz CT molecular complexity index is 1320. The van der Waals surface area contributed by atoms with Gasteiger partial charge in [0.1, 0.15) is 11.6 Å². The molecule has 32 heavy (non-hydrogen) atoms. The summed E-state index contributed by atoms with van der Waals surface area (Å²) in [4.78, 5) is 29.6. The van der Waals surface area contributed by atoms with Crippen molar-refractivity contribution in [3.8, 4) is 5.75 Å². The highest BCUT2D eigenvalue weighted by Crippen LogP contribution is 2.30. The molecule has 0 aliphatic heterocycles. The van der Waals surface area contributed by atoms with E-state index in [4.69, 9.17) is 4.74 Å². The SMILES string of the molecule is Cc1cc(C)c2nc(NC(=O)c3ccccc3OCC(=O)Nc3ccccc3F)sc2c1. The number of carbonyl (C=O) groups excluding carboxylic acids is 2. The van der Waals surface area contributed by atoms with Gasteiger partial charge in [0.05, 0.1) is 21.5 Å². The zero-order chi connectivity index (χ0) is 22.7. The first-order chi connectivity index (χ1) is 15.4. The van der Waals surface area contributed by atoms with Crippen molar-refractivity contribution < 1.29 is 18.7 Å². The first-order valence-corrected chi connectivity index (χ1v) is 10.7. The van der Waals surface area contributed by atoms with E-state index in [1.54, 1.807) is 30.3 Å². The van der Waals surface area contributed by atoms with Crippen LogP contribution in [-0.4, -0.2) is 23.4 Å². The molecule has 0 bridgehead atoms. The van der Waals surface area contributed by atoms with Gasteiger partial charge in [0.15, 0.2) is 11.7 Å².